The van der Waals surface area contributed by atoms with E-state index in [9.17, 15) is 0 Å². The van der Waals surface area contributed by atoms with Gasteiger partial charge in [0.2, 0.25) is 17.8 Å². The first-order valence-electron chi connectivity index (χ1n) is 6.50. The van der Waals surface area contributed by atoms with Crippen molar-refractivity contribution in [2.24, 2.45) is 5.84 Å². The maximum Gasteiger partial charge on any atom is 0.243 e. The van der Waals surface area contributed by atoms with E-state index in [0.29, 0.717) is 31.1 Å². The zero-order valence-corrected chi connectivity index (χ0v) is 12.7. The normalized spacial score (nSPS) is 15.2. The van der Waals surface area contributed by atoms with Crippen molar-refractivity contribution in [3.63, 3.8) is 0 Å². The van der Waals surface area contributed by atoms with Crippen molar-refractivity contribution in [3.05, 3.63) is 0 Å². The lowest BCUT2D eigenvalue weighted by Gasteiger charge is -2.27. The highest BCUT2D eigenvalue weighted by atomic mass is 32.2. The van der Waals surface area contributed by atoms with E-state index < -0.39 is 0 Å². The molecule has 2 rings (SSSR count). The van der Waals surface area contributed by atoms with Crippen LogP contribution < -0.4 is 21.1 Å². The van der Waals surface area contributed by atoms with E-state index >= 15 is 0 Å². The molecule has 112 valence electrons. The minimum atomic E-state index is 0.382. The summed E-state index contributed by atoms with van der Waals surface area (Å²) in [6, 6.07) is 0. The summed E-state index contributed by atoms with van der Waals surface area (Å²) in [7, 11) is 1.97. The molecule has 0 bridgehead atoms. The largest absolute Gasteiger partial charge is 0.378 e. The quantitative estimate of drug-likeness (QED) is 0.547. The SMILES string of the molecule is CSCCN(C)c1nc(NN)nc(N2CCOCC2)n1. The zero-order chi connectivity index (χ0) is 14.4. The average molecular weight is 299 g/mol. The maximum absolute atomic E-state index is 5.45. The molecular weight excluding hydrogens is 278 g/mol. The number of nitrogens with two attached hydrogens (primary N) is 1. The van der Waals surface area contributed by atoms with Crippen molar-refractivity contribution in [3.8, 4) is 0 Å². The van der Waals surface area contributed by atoms with E-state index in [0.717, 1.165) is 25.4 Å². The molecule has 0 unspecified atom stereocenters. The van der Waals surface area contributed by atoms with Crippen LogP contribution in [0.4, 0.5) is 17.8 Å². The van der Waals surface area contributed by atoms with E-state index in [1.54, 1.807) is 11.8 Å². The Morgan fingerprint density at radius 2 is 2.10 bits per heavy atom. The predicted molar refractivity (Wildman–Crippen MR) is 82.3 cm³/mol. The van der Waals surface area contributed by atoms with Gasteiger partial charge >= 0.3 is 0 Å². The number of hydrogen-bond acceptors (Lipinski definition) is 9. The molecule has 1 aliphatic heterocycles. The number of nitrogen functional groups attached to an aromatic ring is 1. The predicted octanol–water partition coefficient (Wildman–Crippen LogP) is -0.207. The van der Waals surface area contributed by atoms with Gasteiger partial charge in [0.25, 0.3) is 0 Å². The fourth-order valence-corrected chi connectivity index (χ4v) is 2.28. The lowest BCUT2D eigenvalue weighted by Crippen LogP contribution is -2.38. The molecule has 0 spiro atoms. The summed E-state index contributed by atoms with van der Waals surface area (Å²) >= 11 is 1.79. The van der Waals surface area contributed by atoms with Crippen molar-refractivity contribution >= 4 is 29.6 Å². The number of morpholine rings is 1. The Balaban J connectivity index is 2.18. The van der Waals surface area contributed by atoms with Crippen LogP contribution in [0.15, 0.2) is 0 Å². The highest BCUT2D eigenvalue weighted by Crippen LogP contribution is 2.16. The molecule has 1 fully saturated rings. The molecule has 0 amide bonds. The van der Waals surface area contributed by atoms with Crippen LogP contribution in [0.5, 0.6) is 0 Å². The van der Waals surface area contributed by atoms with Gasteiger partial charge in [0, 0.05) is 32.4 Å². The molecule has 1 saturated heterocycles. The van der Waals surface area contributed by atoms with Crippen LogP contribution in [0.3, 0.4) is 0 Å². The minimum absolute atomic E-state index is 0.382. The number of hydrazine groups is 1. The van der Waals surface area contributed by atoms with E-state index in [4.69, 9.17) is 10.6 Å². The molecule has 0 atom stereocenters. The second kappa shape index (κ2) is 7.46. The van der Waals surface area contributed by atoms with E-state index in [-0.39, 0.29) is 0 Å². The number of aromatic nitrogens is 3. The van der Waals surface area contributed by atoms with Gasteiger partial charge in [0.1, 0.15) is 0 Å². The molecule has 20 heavy (non-hydrogen) atoms. The van der Waals surface area contributed by atoms with Gasteiger partial charge in [-0.3, -0.25) is 5.43 Å². The summed E-state index contributed by atoms with van der Waals surface area (Å²) in [5.41, 5.74) is 2.51. The average Bonchev–Trinajstić information content (AvgIpc) is 2.52. The fourth-order valence-electron chi connectivity index (χ4n) is 1.82. The third kappa shape index (κ3) is 3.84. The summed E-state index contributed by atoms with van der Waals surface area (Å²) in [5.74, 6) is 8.11. The van der Waals surface area contributed by atoms with Gasteiger partial charge in [-0.25, -0.2) is 5.84 Å². The summed E-state index contributed by atoms with van der Waals surface area (Å²) in [6.45, 7) is 3.81. The first kappa shape index (κ1) is 15.1. The molecule has 2 heterocycles. The van der Waals surface area contributed by atoms with Crippen LogP contribution in [0, 0.1) is 0 Å². The van der Waals surface area contributed by atoms with Crippen molar-refractivity contribution in [2.45, 2.75) is 0 Å². The monoisotopic (exact) mass is 299 g/mol. The number of hydrogen-bond donors (Lipinski definition) is 2. The second-order valence-electron chi connectivity index (χ2n) is 4.42. The third-order valence-electron chi connectivity index (χ3n) is 3.01. The summed E-state index contributed by atoms with van der Waals surface area (Å²) in [4.78, 5) is 17.2. The van der Waals surface area contributed by atoms with Gasteiger partial charge in [-0.1, -0.05) is 0 Å². The van der Waals surface area contributed by atoms with Gasteiger partial charge < -0.3 is 14.5 Å². The molecule has 1 aromatic heterocycles. The van der Waals surface area contributed by atoms with Gasteiger partial charge in [0.15, 0.2) is 0 Å². The Hall–Kier alpha value is -1.32. The fraction of sp³-hybridized carbons (Fsp3) is 0.727. The highest BCUT2D eigenvalue weighted by molar-refractivity contribution is 7.98. The van der Waals surface area contributed by atoms with E-state index in [1.807, 2.05) is 11.9 Å². The number of ether oxygens (including phenoxy) is 1. The molecular formula is C11H21N7OS. The molecule has 0 saturated carbocycles. The molecule has 1 aromatic rings. The first-order chi connectivity index (χ1) is 9.74. The standard InChI is InChI=1S/C11H21N7OS/c1-17(5-8-20-2)10-13-9(16-12)14-11(15-10)18-3-6-19-7-4-18/h3-8,12H2,1-2H3,(H,13,14,15,16). The smallest absolute Gasteiger partial charge is 0.243 e. The lowest BCUT2D eigenvalue weighted by atomic mass is 10.4. The van der Waals surface area contributed by atoms with Gasteiger partial charge in [-0.15, -0.1) is 0 Å². The van der Waals surface area contributed by atoms with Crippen LogP contribution in [0.25, 0.3) is 0 Å². The Bertz CT molecular complexity index is 427. The third-order valence-corrected chi connectivity index (χ3v) is 3.60. The van der Waals surface area contributed by atoms with Crippen molar-refractivity contribution in [2.75, 3.05) is 67.1 Å². The molecule has 0 aromatic carbocycles. The number of nitrogens with one attached hydrogen (secondary N) is 1. The van der Waals surface area contributed by atoms with Crippen LogP contribution in [0.1, 0.15) is 0 Å². The Morgan fingerprint density at radius 1 is 1.35 bits per heavy atom. The summed E-state index contributed by atoms with van der Waals surface area (Å²) in [6.07, 6.45) is 2.08. The second-order valence-corrected chi connectivity index (χ2v) is 5.40. The molecule has 8 nitrogen and oxygen atoms in total. The van der Waals surface area contributed by atoms with E-state index in [1.165, 1.54) is 0 Å². The van der Waals surface area contributed by atoms with Crippen LogP contribution in [-0.4, -0.2) is 66.9 Å². The maximum atomic E-state index is 5.45. The highest BCUT2D eigenvalue weighted by Gasteiger charge is 2.17. The summed E-state index contributed by atoms with van der Waals surface area (Å²) in [5, 5.41) is 0. The van der Waals surface area contributed by atoms with Crippen molar-refractivity contribution < 1.29 is 4.74 Å². The van der Waals surface area contributed by atoms with Gasteiger partial charge in [-0.05, 0) is 6.26 Å². The minimum Gasteiger partial charge on any atom is -0.378 e. The molecule has 0 radical (unpaired) electrons. The van der Waals surface area contributed by atoms with Gasteiger partial charge in [0.05, 0.1) is 13.2 Å². The van der Waals surface area contributed by atoms with Crippen LogP contribution in [0.2, 0.25) is 0 Å². The Morgan fingerprint density at radius 3 is 2.75 bits per heavy atom. The topological polar surface area (TPSA) is 92.4 Å². The van der Waals surface area contributed by atoms with Crippen molar-refractivity contribution in [1.29, 1.82) is 0 Å². The molecule has 3 N–H and O–H groups in total. The molecule has 0 aliphatic carbocycles. The Kier molecular flexibility index (Phi) is 5.62. The number of rotatable bonds is 6. The zero-order valence-electron chi connectivity index (χ0n) is 11.9. The van der Waals surface area contributed by atoms with Crippen LogP contribution in [-0.2, 0) is 4.74 Å². The lowest BCUT2D eigenvalue weighted by molar-refractivity contribution is 0.122. The number of thioether (sulfide) groups is 1. The Labute approximate surface area is 123 Å². The molecule has 1 aliphatic rings. The number of nitrogens with zero attached hydrogens (tertiary/aromatic N) is 5. The molecule has 9 heteroatoms. The van der Waals surface area contributed by atoms with Crippen LogP contribution >= 0.6 is 11.8 Å². The van der Waals surface area contributed by atoms with E-state index in [2.05, 4.69) is 31.5 Å². The summed E-state index contributed by atoms with van der Waals surface area (Å²) < 4.78 is 5.34. The van der Waals surface area contributed by atoms with Crippen molar-refractivity contribution in [1.82, 2.24) is 15.0 Å². The number of anilines is 3. The van der Waals surface area contributed by atoms with Gasteiger partial charge in [-0.2, -0.15) is 26.7 Å². The first-order valence-corrected chi connectivity index (χ1v) is 7.89.